The summed E-state index contributed by atoms with van der Waals surface area (Å²) in [7, 11) is -4.30. The monoisotopic (exact) mass is 742 g/mol. The molecule has 0 saturated heterocycles. The fourth-order valence-electron chi connectivity index (χ4n) is 6.16. The maximum absolute atomic E-state index is 13.6. The summed E-state index contributed by atoms with van der Waals surface area (Å²) in [5.74, 6) is -0.677. The molecule has 10 nitrogen and oxygen atoms in total. The van der Waals surface area contributed by atoms with Gasteiger partial charge in [-0.1, -0.05) is 42.5 Å². The molecule has 1 N–H and O–H groups in total. The summed E-state index contributed by atoms with van der Waals surface area (Å²) in [5, 5.41) is 0.657. The molecule has 0 unspecified atom stereocenters. The van der Waals surface area contributed by atoms with Crippen LogP contribution in [0, 0.1) is 11.8 Å². The molecule has 2 aromatic rings. The maximum Gasteiger partial charge on any atom is 0.338 e. The van der Waals surface area contributed by atoms with Gasteiger partial charge in [0.05, 0.1) is 23.8 Å². The Balaban J connectivity index is 1.65. The number of amides is 1. The number of ether oxygens (including phenoxy) is 4. The van der Waals surface area contributed by atoms with E-state index >= 15 is 0 Å². The van der Waals surface area contributed by atoms with Crippen LogP contribution in [0.15, 0.2) is 79.3 Å². The van der Waals surface area contributed by atoms with Crippen molar-refractivity contribution in [1.82, 2.24) is 4.72 Å². The molecule has 0 radical (unpaired) electrons. The molecule has 4 rings (SSSR count). The highest BCUT2D eigenvalue weighted by atomic mass is 35.5. The number of halogens is 1. The Morgan fingerprint density at radius 1 is 1.00 bits per heavy atom. The molecule has 0 spiro atoms. The number of hydrogen-bond acceptors (Lipinski definition) is 9. The first-order valence-electron chi connectivity index (χ1n) is 17.3. The van der Waals surface area contributed by atoms with E-state index in [1.54, 1.807) is 38.1 Å². The standard InChI is InChI=1S/C39H51ClN2O8S/c1-8-21-48-38(4,5)36(43)41-51(45,46)31-17-19-35-33(24-31)42(20-12-11-13-27-23-30(40)16-14-29(27)26-47-35)25-28-15-18-32(28)34(10-3)50-37(44)39(6,7)49-22-9-2/h8-10,14,16-17,19,23-24,28,32,34H,1-3,11-13,15,18,20-22,25-26H2,4-7H3,(H,41,43)/t28-,32+,34-/m0/s1. The van der Waals surface area contributed by atoms with Gasteiger partial charge in [0.25, 0.3) is 15.9 Å². The summed E-state index contributed by atoms with van der Waals surface area (Å²) < 4.78 is 53.0. The topological polar surface area (TPSA) is 120 Å². The number of benzene rings is 2. The first-order valence-corrected chi connectivity index (χ1v) is 19.2. The molecule has 278 valence electrons. The highest BCUT2D eigenvalue weighted by Crippen LogP contribution is 2.42. The Morgan fingerprint density at radius 2 is 1.71 bits per heavy atom. The lowest BCUT2D eigenvalue weighted by molar-refractivity contribution is -0.175. The van der Waals surface area contributed by atoms with E-state index in [9.17, 15) is 18.0 Å². The fourth-order valence-corrected chi connectivity index (χ4v) is 7.48. The zero-order valence-corrected chi connectivity index (χ0v) is 31.7. The molecule has 51 heavy (non-hydrogen) atoms. The predicted molar refractivity (Wildman–Crippen MR) is 199 cm³/mol. The van der Waals surface area contributed by atoms with E-state index in [1.165, 1.54) is 26.0 Å². The summed E-state index contributed by atoms with van der Waals surface area (Å²) in [4.78, 5) is 28.2. The van der Waals surface area contributed by atoms with Crippen molar-refractivity contribution in [2.24, 2.45) is 11.8 Å². The molecule has 3 atom stereocenters. The highest BCUT2D eigenvalue weighted by Gasteiger charge is 2.41. The molecule has 1 aliphatic carbocycles. The number of rotatable bonds is 15. The molecular formula is C39H51ClN2O8S. The van der Waals surface area contributed by atoms with Gasteiger partial charge >= 0.3 is 5.97 Å². The Labute approximate surface area is 307 Å². The minimum atomic E-state index is -4.30. The van der Waals surface area contributed by atoms with Gasteiger partial charge in [0.2, 0.25) is 0 Å². The second kappa shape index (κ2) is 17.3. The zero-order chi connectivity index (χ0) is 37.4. The second-order valence-electron chi connectivity index (χ2n) is 14.0. The van der Waals surface area contributed by atoms with Crippen molar-refractivity contribution in [2.75, 3.05) is 31.2 Å². The largest absolute Gasteiger partial charge is 0.487 e. The smallest absolute Gasteiger partial charge is 0.338 e. The minimum Gasteiger partial charge on any atom is -0.487 e. The third-order valence-corrected chi connectivity index (χ3v) is 11.0. The molecule has 1 amide bonds. The maximum atomic E-state index is 13.6. The van der Waals surface area contributed by atoms with Gasteiger partial charge in [-0.05, 0) is 107 Å². The number of aryl methyl sites for hydroxylation is 1. The van der Waals surface area contributed by atoms with Crippen molar-refractivity contribution in [3.05, 3.63) is 90.5 Å². The number of fused-ring (bicyclic) bond motifs is 2. The van der Waals surface area contributed by atoms with Crippen molar-refractivity contribution < 1.29 is 37.0 Å². The van der Waals surface area contributed by atoms with Crippen LogP contribution >= 0.6 is 11.6 Å². The van der Waals surface area contributed by atoms with Crippen molar-refractivity contribution in [3.63, 3.8) is 0 Å². The first-order chi connectivity index (χ1) is 24.1. The first kappa shape index (κ1) is 40.1. The van der Waals surface area contributed by atoms with Crippen molar-refractivity contribution in [3.8, 4) is 5.75 Å². The number of nitrogens with zero attached hydrogens (tertiary/aromatic N) is 1. The molecule has 1 aliphatic heterocycles. The quantitative estimate of drug-likeness (QED) is 0.153. The van der Waals surface area contributed by atoms with Gasteiger partial charge < -0.3 is 23.8 Å². The Bertz CT molecular complexity index is 1710. The van der Waals surface area contributed by atoms with Crippen molar-refractivity contribution >= 4 is 39.2 Å². The predicted octanol–water partition coefficient (Wildman–Crippen LogP) is 6.95. The van der Waals surface area contributed by atoms with E-state index in [-0.39, 0.29) is 36.6 Å². The molecule has 2 aliphatic rings. The summed E-state index contributed by atoms with van der Waals surface area (Å²) in [6.07, 6.45) is 8.40. The van der Waals surface area contributed by atoms with Crippen LogP contribution in [0.3, 0.4) is 0 Å². The summed E-state index contributed by atoms with van der Waals surface area (Å²) in [6, 6.07) is 10.4. The van der Waals surface area contributed by atoms with Crippen molar-refractivity contribution in [2.45, 2.75) is 88.6 Å². The van der Waals surface area contributed by atoms with Crippen LogP contribution < -0.4 is 14.4 Å². The Hall–Kier alpha value is -3.64. The van der Waals surface area contributed by atoms with Crippen LogP contribution in [-0.4, -0.2) is 63.9 Å². The number of carbonyl (C=O) groups excluding carboxylic acids is 2. The number of sulfonamides is 1. The number of carbonyl (C=O) groups is 2. The van der Waals surface area contributed by atoms with Crippen LogP contribution in [0.2, 0.25) is 5.02 Å². The number of esters is 1. The summed E-state index contributed by atoms with van der Waals surface area (Å²) in [6.45, 7) is 19.2. The lowest BCUT2D eigenvalue weighted by Crippen LogP contribution is -2.47. The number of nitrogens with one attached hydrogen (secondary N) is 1. The lowest BCUT2D eigenvalue weighted by atomic mass is 9.70. The van der Waals surface area contributed by atoms with E-state index < -0.39 is 39.2 Å². The van der Waals surface area contributed by atoms with Crippen LogP contribution in [0.1, 0.15) is 64.5 Å². The van der Waals surface area contributed by atoms with Gasteiger partial charge in [0.15, 0.2) is 5.60 Å². The van der Waals surface area contributed by atoms with Gasteiger partial charge in [-0.25, -0.2) is 17.9 Å². The van der Waals surface area contributed by atoms with Crippen LogP contribution in [-0.2, 0) is 46.9 Å². The van der Waals surface area contributed by atoms with Crippen LogP contribution in [0.5, 0.6) is 5.75 Å². The van der Waals surface area contributed by atoms with E-state index in [0.29, 0.717) is 29.5 Å². The van der Waals surface area contributed by atoms with Gasteiger partial charge in [-0.3, -0.25) is 4.79 Å². The molecule has 1 fully saturated rings. The third kappa shape index (κ3) is 10.2. The zero-order valence-electron chi connectivity index (χ0n) is 30.1. The van der Waals surface area contributed by atoms with E-state index in [0.717, 1.165) is 43.2 Å². The average Bonchev–Trinajstić information content (AvgIpc) is 3.10. The molecule has 12 heteroatoms. The SMILES string of the molecule is C=CCOC(C)(C)C(=O)NS(=O)(=O)c1ccc2c(c1)N(C[C@@H]1CC[C@H]1[C@H](C=C)OC(=O)C(C)(C)OCC=C)CCCCc1cc(Cl)ccc1CO2. The van der Waals surface area contributed by atoms with E-state index in [4.69, 9.17) is 30.5 Å². The van der Waals surface area contributed by atoms with Gasteiger partial charge in [-0.15, -0.1) is 13.2 Å². The lowest BCUT2D eigenvalue weighted by Gasteiger charge is -2.44. The van der Waals surface area contributed by atoms with Gasteiger partial charge in [0.1, 0.15) is 24.1 Å². The normalized spacial score (nSPS) is 18.7. The van der Waals surface area contributed by atoms with Crippen LogP contribution in [0.4, 0.5) is 5.69 Å². The minimum absolute atomic E-state index is 0.000367. The molecule has 0 aromatic heterocycles. The van der Waals surface area contributed by atoms with E-state index in [1.807, 2.05) is 18.2 Å². The van der Waals surface area contributed by atoms with E-state index in [2.05, 4.69) is 29.4 Å². The van der Waals surface area contributed by atoms with Crippen molar-refractivity contribution in [1.29, 1.82) is 0 Å². The molecule has 2 aromatic carbocycles. The summed E-state index contributed by atoms with van der Waals surface area (Å²) in [5.41, 5.74) is 0.119. The molecule has 1 saturated carbocycles. The van der Waals surface area contributed by atoms with Crippen LogP contribution in [0.25, 0.3) is 0 Å². The molecule has 0 bridgehead atoms. The van der Waals surface area contributed by atoms with Gasteiger partial charge in [0, 0.05) is 24.0 Å². The Kier molecular flexibility index (Phi) is 13.6. The third-order valence-electron chi connectivity index (χ3n) is 9.48. The molecule has 1 heterocycles. The fraction of sp³-hybridized carbons (Fsp3) is 0.487. The highest BCUT2D eigenvalue weighted by molar-refractivity contribution is 7.90. The Morgan fingerprint density at radius 3 is 2.35 bits per heavy atom. The van der Waals surface area contributed by atoms with Gasteiger partial charge in [-0.2, -0.15) is 0 Å². The average molecular weight is 743 g/mol. The number of hydrogen-bond donors (Lipinski definition) is 1. The molecular weight excluding hydrogens is 692 g/mol. The summed E-state index contributed by atoms with van der Waals surface area (Å²) >= 11 is 6.34. The number of anilines is 1. The second-order valence-corrected chi connectivity index (χ2v) is 16.1.